The molecule has 0 aliphatic carbocycles. The molecule has 2 aliphatic heterocycles. The molecule has 3 aromatic heterocycles. The molecule has 7 nitrogen and oxygen atoms in total. The first kappa shape index (κ1) is 20.0. The highest BCUT2D eigenvalue weighted by Crippen LogP contribution is 2.50. The van der Waals surface area contributed by atoms with E-state index in [-0.39, 0.29) is 11.8 Å². The van der Waals surface area contributed by atoms with Gasteiger partial charge in [-0.1, -0.05) is 6.07 Å². The number of furan rings is 1. The Hall–Kier alpha value is -2.93. The molecule has 0 bridgehead atoms. The van der Waals surface area contributed by atoms with E-state index in [0.29, 0.717) is 12.6 Å². The van der Waals surface area contributed by atoms with Crippen molar-refractivity contribution in [3.63, 3.8) is 0 Å². The monoisotopic (exact) mass is 419 g/mol. The smallest absolute Gasteiger partial charge is 0.231 e. The van der Waals surface area contributed by atoms with E-state index >= 15 is 0 Å². The van der Waals surface area contributed by atoms with Gasteiger partial charge >= 0.3 is 0 Å². The summed E-state index contributed by atoms with van der Waals surface area (Å²) in [6, 6.07) is 6.31. The van der Waals surface area contributed by atoms with Crippen molar-refractivity contribution in [3.05, 3.63) is 72.5 Å². The van der Waals surface area contributed by atoms with Gasteiger partial charge in [-0.25, -0.2) is 4.98 Å². The standard InChI is InChI=1S/C24H29N5O2/c1-18(2)29-14-22(26-17-29)21-13-27(11-20-5-9-31-15-20)16-24(21)6-8-28(23(24)30)12-19-4-3-7-25-10-19/h3-5,7,9-10,14-15,17-18,21H,6,8,11-13,16H2,1-2H3/t21-,24+/m0/s1. The first-order valence-electron chi connectivity index (χ1n) is 11.0. The molecule has 0 radical (unpaired) electrons. The zero-order valence-corrected chi connectivity index (χ0v) is 18.1. The normalized spacial score (nSPS) is 24.2. The van der Waals surface area contributed by atoms with Gasteiger partial charge in [0.25, 0.3) is 0 Å². The Morgan fingerprint density at radius 3 is 2.87 bits per heavy atom. The minimum Gasteiger partial charge on any atom is -0.472 e. The Kier molecular flexibility index (Phi) is 5.14. The average molecular weight is 420 g/mol. The summed E-state index contributed by atoms with van der Waals surface area (Å²) in [5, 5.41) is 0. The molecule has 0 unspecified atom stereocenters. The number of amides is 1. The van der Waals surface area contributed by atoms with Crippen LogP contribution >= 0.6 is 0 Å². The molecule has 2 aliphatic rings. The summed E-state index contributed by atoms with van der Waals surface area (Å²) in [5.41, 5.74) is 2.81. The Bertz CT molecular complexity index is 1030. The molecule has 1 spiro atoms. The van der Waals surface area contributed by atoms with Crippen molar-refractivity contribution in [1.82, 2.24) is 24.3 Å². The lowest BCUT2D eigenvalue weighted by Crippen LogP contribution is -2.39. The number of pyridine rings is 1. The van der Waals surface area contributed by atoms with Gasteiger partial charge in [0.2, 0.25) is 5.91 Å². The number of carbonyl (C=O) groups excluding carboxylic acids is 1. The van der Waals surface area contributed by atoms with E-state index in [9.17, 15) is 4.79 Å². The molecule has 0 N–H and O–H groups in total. The minimum absolute atomic E-state index is 0.0887. The van der Waals surface area contributed by atoms with Crippen molar-refractivity contribution in [1.29, 1.82) is 0 Å². The molecule has 31 heavy (non-hydrogen) atoms. The molecule has 2 atom stereocenters. The highest BCUT2D eigenvalue weighted by molar-refractivity contribution is 5.86. The lowest BCUT2D eigenvalue weighted by atomic mass is 9.75. The molecular formula is C24H29N5O2. The van der Waals surface area contributed by atoms with E-state index < -0.39 is 5.41 Å². The van der Waals surface area contributed by atoms with Crippen LogP contribution in [0.4, 0.5) is 0 Å². The molecule has 0 aromatic carbocycles. The third-order valence-corrected chi connectivity index (χ3v) is 6.81. The van der Waals surface area contributed by atoms with Crippen LogP contribution in [0.1, 0.15) is 49.0 Å². The number of aromatic nitrogens is 3. The maximum absolute atomic E-state index is 13.8. The summed E-state index contributed by atoms with van der Waals surface area (Å²) < 4.78 is 7.40. The molecule has 2 fully saturated rings. The molecule has 1 amide bonds. The lowest BCUT2D eigenvalue weighted by Gasteiger charge is -2.28. The van der Waals surface area contributed by atoms with Crippen molar-refractivity contribution >= 4 is 5.91 Å². The minimum atomic E-state index is -0.428. The van der Waals surface area contributed by atoms with Crippen molar-refractivity contribution in [2.24, 2.45) is 5.41 Å². The van der Waals surface area contributed by atoms with E-state index in [0.717, 1.165) is 49.4 Å². The largest absolute Gasteiger partial charge is 0.472 e. The second kappa shape index (κ2) is 7.96. The van der Waals surface area contributed by atoms with E-state index in [2.05, 4.69) is 34.5 Å². The van der Waals surface area contributed by atoms with Gasteiger partial charge < -0.3 is 13.9 Å². The number of carbonyl (C=O) groups is 1. The van der Waals surface area contributed by atoms with Gasteiger partial charge in [0.1, 0.15) is 0 Å². The Balaban J connectivity index is 1.43. The molecule has 162 valence electrons. The van der Waals surface area contributed by atoms with Gasteiger partial charge in [-0.15, -0.1) is 0 Å². The molecule has 7 heteroatoms. The van der Waals surface area contributed by atoms with Crippen molar-refractivity contribution in [3.8, 4) is 0 Å². The summed E-state index contributed by atoms with van der Waals surface area (Å²) in [4.78, 5) is 27.2. The number of rotatable bonds is 6. The number of hydrogen-bond acceptors (Lipinski definition) is 5. The van der Waals surface area contributed by atoms with Crippen LogP contribution in [0.2, 0.25) is 0 Å². The zero-order valence-electron chi connectivity index (χ0n) is 18.1. The summed E-state index contributed by atoms with van der Waals surface area (Å²) in [5.74, 6) is 0.334. The molecule has 5 rings (SSSR count). The van der Waals surface area contributed by atoms with Crippen LogP contribution in [0.3, 0.4) is 0 Å². The van der Waals surface area contributed by atoms with Crippen molar-refractivity contribution < 1.29 is 9.21 Å². The van der Waals surface area contributed by atoms with E-state index in [1.807, 2.05) is 35.6 Å². The second-order valence-electron chi connectivity index (χ2n) is 9.19. The van der Waals surface area contributed by atoms with E-state index in [1.54, 1.807) is 18.7 Å². The fourth-order valence-electron chi connectivity index (χ4n) is 5.15. The fraction of sp³-hybridized carbons (Fsp3) is 0.458. The Morgan fingerprint density at radius 1 is 1.26 bits per heavy atom. The van der Waals surface area contributed by atoms with Crippen molar-refractivity contribution in [2.75, 3.05) is 19.6 Å². The SMILES string of the molecule is CC(C)n1cnc([C@@H]2CN(Cc3ccoc3)C[C@]23CCN(Cc2cccnc2)C3=O)c1. The zero-order chi connectivity index (χ0) is 21.4. The van der Waals surface area contributed by atoms with Gasteiger partial charge in [-0.05, 0) is 38.0 Å². The molecule has 3 aromatic rings. The number of imidazole rings is 1. The first-order chi connectivity index (χ1) is 15.0. The summed E-state index contributed by atoms with van der Waals surface area (Å²) >= 11 is 0. The molecule has 5 heterocycles. The maximum atomic E-state index is 13.8. The maximum Gasteiger partial charge on any atom is 0.231 e. The van der Waals surface area contributed by atoms with Gasteiger partial charge in [-0.3, -0.25) is 14.7 Å². The Labute approximate surface area is 182 Å². The molecular weight excluding hydrogens is 390 g/mol. The summed E-state index contributed by atoms with van der Waals surface area (Å²) in [6.45, 7) is 8.05. The highest BCUT2D eigenvalue weighted by Gasteiger charge is 2.57. The topological polar surface area (TPSA) is 67.4 Å². The molecule has 0 saturated carbocycles. The average Bonchev–Trinajstić information content (AvgIpc) is 3.55. The third-order valence-electron chi connectivity index (χ3n) is 6.81. The third kappa shape index (κ3) is 3.67. The quantitative estimate of drug-likeness (QED) is 0.612. The van der Waals surface area contributed by atoms with Crippen LogP contribution in [-0.4, -0.2) is 49.9 Å². The predicted octanol–water partition coefficient (Wildman–Crippen LogP) is 3.47. The fourth-order valence-corrected chi connectivity index (χ4v) is 5.15. The van der Waals surface area contributed by atoms with E-state index in [1.165, 1.54) is 0 Å². The molecule has 2 saturated heterocycles. The van der Waals surface area contributed by atoms with Crippen LogP contribution in [0.25, 0.3) is 0 Å². The van der Waals surface area contributed by atoms with Gasteiger partial charge in [0.05, 0.1) is 30.0 Å². The second-order valence-corrected chi connectivity index (χ2v) is 9.19. The van der Waals surface area contributed by atoms with Crippen LogP contribution < -0.4 is 0 Å². The van der Waals surface area contributed by atoms with Gasteiger partial charge in [0, 0.05) is 68.8 Å². The Morgan fingerprint density at radius 2 is 2.16 bits per heavy atom. The van der Waals surface area contributed by atoms with Gasteiger partial charge in [-0.2, -0.15) is 0 Å². The van der Waals surface area contributed by atoms with Crippen molar-refractivity contribution in [2.45, 2.75) is 45.3 Å². The summed E-state index contributed by atoms with van der Waals surface area (Å²) in [6.07, 6.45) is 12.0. The van der Waals surface area contributed by atoms with E-state index in [4.69, 9.17) is 9.40 Å². The van der Waals surface area contributed by atoms with Crippen LogP contribution in [0.15, 0.2) is 60.1 Å². The van der Waals surface area contributed by atoms with Crippen LogP contribution in [-0.2, 0) is 17.9 Å². The van der Waals surface area contributed by atoms with Gasteiger partial charge in [0.15, 0.2) is 0 Å². The summed E-state index contributed by atoms with van der Waals surface area (Å²) in [7, 11) is 0. The first-order valence-corrected chi connectivity index (χ1v) is 11.0. The highest BCUT2D eigenvalue weighted by atomic mass is 16.3. The number of likely N-dealkylation sites (tertiary alicyclic amines) is 2. The lowest BCUT2D eigenvalue weighted by molar-refractivity contribution is -0.136. The number of nitrogens with zero attached hydrogens (tertiary/aromatic N) is 5. The van der Waals surface area contributed by atoms with Crippen LogP contribution in [0.5, 0.6) is 0 Å². The predicted molar refractivity (Wildman–Crippen MR) is 116 cm³/mol. The number of hydrogen-bond donors (Lipinski definition) is 0. The van der Waals surface area contributed by atoms with Crippen LogP contribution in [0, 0.1) is 5.41 Å².